The molecule has 72 valence electrons. The molecule has 0 amide bonds. The third kappa shape index (κ3) is 1.81. The minimum atomic E-state index is -0.0718. The number of thiol groups is 1. The van der Waals surface area contributed by atoms with Gasteiger partial charge in [0.15, 0.2) is 5.29 Å². The van der Waals surface area contributed by atoms with Crippen LogP contribution in [0.2, 0.25) is 0 Å². The number of fused-ring (bicyclic) bond motifs is 1. The summed E-state index contributed by atoms with van der Waals surface area (Å²) < 4.78 is 5.29. The van der Waals surface area contributed by atoms with E-state index in [9.17, 15) is 0 Å². The number of ether oxygens (including phenoxy) is 1. The van der Waals surface area contributed by atoms with Crippen LogP contribution in [-0.2, 0) is 4.74 Å². The highest BCUT2D eigenvalue weighted by molar-refractivity contribution is 7.81. The van der Waals surface area contributed by atoms with Crippen molar-refractivity contribution in [3.05, 3.63) is 10.7 Å². The summed E-state index contributed by atoms with van der Waals surface area (Å²) in [6.07, 6.45) is 0. The molecular formula is C7H8Cl2N2OS. The molecule has 0 aromatic heterocycles. The first-order valence-corrected chi connectivity index (χ1v) is 5.11. The minimum Gasteiger partial charge on any atom is -0.377 e. The first-order valence-electron chi connectivity index (χ1n) is 3.84. The molecule has 2 aliphatic heterocycles. The van der Waals surface area contributed by atoms with Crippen molar-refractivity contribution in [3.8, 4) is 0 Å². The zero-order chi connectivity index (χ0) is 9.42. The van der Waals surface area contributed by atoms with Crippen molar-refractivity contribution in [1.82, 2.24) is 5.32 Å². The first kappa shape index (κ1) is 9.65. The summed E-state index contributed by atoms with van der Waals surface area (Å²) in [6, 6.07) is -0.0718. The Hall–Kier alpha value is 0.1000. The SMILES string of the molecule is SC1COCC2N=C(Cl)NC(Cl)=C12. The quantitative estimate of drug-likeness (QED) is 0.494. The number of nitrogens with zero attached hydrogens (tertiary/aromatic N) is 1. The van der Waals surface area contributed by atoms with Crippen LogP contribution in [0.25, 0.3) is 0 Å². The van der Waals surface area contributed by atoms with Crippen molar-refractivity contribution in [2.24, 2.45) is 4.99 Å². The van der Waals surface area contributed by atoms with Gasteiger partial charge in [0, 0.05) is 5.57 Å². The van der Waals surface area contributed by atoms with Crippen LogP contribution < -0.4 is 5.32 Å². The smallest absolute Gasteiger partial charge is 0.197 e. The van der Waals surface area contributed by atoms with E-state index in [0.29, 0.717) is 23.7 Å². The Labute approximate surface area is 91.5 Å². The van der Waals surface area contributed by atoms with Gasteiger partial charge in [0.25, 0.3) is 0 Å². The van der Waals surface area contributed by atoms with Gasteiger partial charge in [0.1, 0.15) is 11.2 Å². The zero-order valence-corrected chi connectivity index (χ0v) is 9.03. The number of nitrogens with one attached hydrogen (secondary N) is 1. The number of halogens is 2. The van der Waals surface area contributed by atoms with Gasteiger partial charge < -0.3 is 10.1 Å². The Morgan fingerprint density at radius 2 is 2.23 bits per heavy atom. The molecule has 2 heterocycles. The van der Waals surface area contributed by atoms with Crippen LogP contribution in [0.1, 0.15) is 0 Å². The highest BCUT2D eigenvalue weighted by Crippen LogP contribution is 2.28. The van der Waals surface area contributed by atoms with E-state index in [4.69, 9.17) is 27.9 Å². The molecule has 2 aliphatic rings. The third-order valence-electron chi connectivity index (χ3n) is 2.00. The van der Waals surface area contributed by atoms with Gasteiger partial charge in [-0.3, -0.25) is 0 Å². The summed E-state index contributed by atoms with van der Waals surface area (Å²) in [5.41, 5.74) is 0.973. The Kier molecular flexibility index (Phi) is 2.74. The molecule has 13 heavy (non-hydrogen) atoms. The van der Waals surface area contributed by atoms with Gasteiger partial charge in [0.2, 0.25) is 0 Å². The van der Waals surface area contributed by atoms with E-state index in [-0.39, 0.29) is 11.3 Å². The molecule has 0 aliphatic carbocycles. The van der Waals surface area contributed by atoms with Crippen LogP contribution in [0.15, 0.2) is 15.7 Å². The van der Waals surface area contributed by atoms with E-state index >= 15 is 0 Å². The number of rotatable bonds is 0. The second kappa shape index (κ2) is 3.69. The molecule has 2 atom stereocenters. The summed E-state index contributed by atoms with van der Waals surface area (Å²) in [5, 5.41) is 3.62. The molecule has 0 radical (unpaired) electrons. The number of amidine groups is 1. The van der Waals surface area contributed by atoms with Crippen molar-refractivity contribution in [3.63, 3.8) is 0 Å². The summed E-state index contributed by atoms with van der Waals surface area (Å²) >= 11 is 16.1. The zero-order valence-electron chi connectivity index (χ0n) is 6.63. The van der Waals surface area contributed by atoms with Gasteiger partial charge >= 0.3 is 0 Å². The fourth-order valence-electron chi connectivity index (χ4n) is 1.42. The Balaban J connectivity index is 2.30. The molecule has 0 aromatic rings. The average Bonchev–Trinajstić information content (AvgIpc) is 2.02. The molecule has 1 saturated heterocycles. The lowest BCUT2D eigenvalue weighted by Crippen LogP contribution is -2.39. The van der Waals surface area contributed by atoms with Gasteiger partial charge in [-0.15, -0.1) is 0 Å². The largest absolute Gasteiger partial charge is 0.377 e. The lowest BCUT2D eigenvalue weighted by atomic mass is 10.0. The monoisotopic (exact) mass is 238 g/mol. The Morgan fingerprint density at radius 1 is 1.46 bits per heavy atom. The maximum Gasteiger partial charge on any atom is 0.197 e. The minimum absolute atomic E-state index is 0.00673. The number of hydrogen-bond acceptors (Lipinski definition) is 4. The number of hydrogen-bond donors (Lipinski definition) is 2. The molecule has 2 unspecified atom stereocenters. The van der Waals surface area contributed by atoms with Crippen molar-refractivity contribution in [1.29, 1.82) is 0 Å². The standard InChI is InChI=1S/C7H8Cl2N2OS/c8-6-5-3(10-7(9)11-6)1-12-2-4(5)13/h3-4,13H,1-2H2,(H,10,11). The molecule has 2 rings (SSSR count). The summed E-state index contributed by atoms with van der Waals surface area (Å²) in [7, 11) is 0. The highest BCUT2D eigenvalue weighted by atomic mass is 35.5. The van der Waals surface area contributed by atoms with E-state index in [1.165, 1.54) is 0 Å². The maximum atomic E-state index is 5.98. The normalized spacial score (nSPS) is 33.6. The van der Waals surface area contributed by atoms with Crippen LogP contribution in [0.4, 0.5) is 0 Å². The van der Waals surface area contributed by atoms with Gasteiger partial charge in [-0.1, -0.05) is 11.6 Å². The molecule has 0 saturated carbocycles. The Morgan fingerprint density at radius 3 is 3.00 bits per heavy atom. The highest BCUT2D eigenvalue weighted by Gasteiger charge is 2.31. The maximum absolute atomic E-state index is 5.98. The Bertz CT molecular complexity index is 292. The van der Waals surface area contributed by atoms with E-state index in [2.05, 4.69) is 22.9 Å². The summed E-state index contributed by atoms with van der Waals surface area (Å²) in [5.74, 6) is 0. The molecule has 3 nitrogen and oxygen atoms in total. The molecule has 0 spiro atoms. The van der Waals surface area contributed by atoms with E-state index < -0.39 is 0 Å². The fourth-order valence-corrected chi connectivity index (χ4v) is 2.51. The second-order valence-corrected chi connectivity index (χ2v) is 4.24. The summed E-state index contributed by atoms with van der Waals surface area (Å²) in [4.78, 5) is 4.16. The molecule has 1 fully saturated rings. The second-order valence-electron chi connectivity index (χ2n) is 2.88. The molecule has 0 aromatic carbocycles. The average molecular weight is 239 g/mol. The molecule has 1 N–H and O–H groups in total. The summed E-state index contributed by atoms with van der Waals surface area (Å²) in [6.45, 7) is 1.10. The molecular weight excluding hydrogens is 231 g/mol. The third-order valence-corrected chi connectivity index (χ3v) is 2.94. The van der Waals surface area contributed by atoms with E-state index in [0.717, 1.165) is 5.57 Å². The van der Waals surface area contributed by atoms with Crippen LogP contribution in [0.3, 0.4) is 0 Å². The van der Waals surface area contributed by atoms with Crippen molar-refractivity contribution >= 4 is 41.1 Å². The fraction of sp³-hybridized carbons (Fsp3) is 0.571. The van der Waals surface area contributed by atoms with E-state index in [1.54, 1.807) is 0 Å². The van der Waals surface area contributed by atoms with Crippen molar-refractivity contribution < 1.29 is 4.74 Å². The van der Waals surface area contributed by atoms with Crippen LogP contribution in [0.5, 0.6) is 0 Å². The van der Waals surface area contributed by atoms with Crippen molar-refractivity contribution in [2.75, 3.05) is 13.2 Å². The van der Waals surface area contributed by atoms with Crippen molar-refractivity contribution in [2.45, 2.75) is 11.3 Å². The predicted octanol–water partition coefficient (Wildman–Crippen LogP) is 1.33. The van der Waals surface area contributed by atoms with Gasteiger partial charge in [-0.25, -0.2) is 4.99 Å². The van der Waals surface area contributed by atoms with Gasteiger partial charge in [-0.2, -0.15) is 12.6 Å². The lowest BCUT2D eigenvalue weighted by molar-refractivity contribution is 0.110. The topological polar surface area (TPSA) is 33.6 Å². The molecule has 6 heteroatoms. The first-order chi connectivity index (χ1) is 6.18. The lowest BCUT2D eigenvalue weighted by Gasteiger charge is -2.31. The predicted molar refractivity (Wildman–Crippen MR) is 56.7 cm³/mol. The van der Waals surface area contributed by atoms with Crippen LogP contribution >= 0.6 is 35.8 Å². The van der Waals surface area contributed by atoms with Gasteiger partial charge in [0.05, 0.1) is 18.5 Å². The molecule has 0 bridgehead atoms. The van der Waals surface area contributed by atoms with Crippen LogP contribution in [-0.4, -0.2) is 29.8 Å². The number of aliphatic imine (C=N–C) groups is 1. The van der Waals surface area contributed by atoms with E-state index in [1.807, 2.05) is 0 Å². The van der Waals surface area contributed by atoms with Crippen LogP contribution in [0, 0.1) is 0 Å². The van der Waals surface area contributed by atoms with Gasteiger partial charge in [-0.05, 0) is 11.6 Å².